The fourth-order valence-electron chi connectivity index (χ4n) is 5.26. The molecule has 4 atom stereocenters. The molecule has 3 amide bonds. The first-order valence-corrected chi connectivity index (χ1v) is 10.1. The first kappa shape index (κ1) is 19.0. The first-order chi connectivity index (χ1) is 14.6. The summed E-state index contributed by atoms with van der Waals surface area (Å²) in [5.41, 5.74) is 1.23. The lowest BCUT2D eigenvalue weighted by Crippen LogP contribution is -2.53. The van der Waals surface area contributed by atoms with E-state index in [0.29, 0.717) is 12.1 Å². The Balaban J connectivity index is 1.60. The number of benzene rings is 2. The first-order valence-electron chi connectivity index (χ1n) is 10.1. The number of ether oxygens (including phenoxy) is 1. The van der Waals surface area contributed by atoms with E-state index in [2.05, 4.69) is 10.6 Å². The fraction of sp³-hybridized carbons (Fsp3) is 0.348. The van der Waals surface area contributed by atoms with Gasteiger partial charge in [-0.2, -0.15) is 0 Å². The average Bonchev–Trinajstić information content (AvgIpc) is 3.33. The van der Waals surface area contributed by atoms with Crippen molar-refractivity contribution in [2.75, 3.05) is 25.6 Å². The van der Waals surface area contributed by atoms with Crippen LogP contribution >= 0.6 is 0 Å². The van der Waals surface area contributed by atoms with E-state index in [1.165, 1.54) is 12.0 Å². The van der Waals surface area contributed by atoms with Crippen molar-refractivity contribution in [3.63, 3.8) is 0 Å². The van der Waals surface area contributed by atoms with E-state index in [1.807, 2.05) is 54.6 Å². The molecule has 2 aromatic carbocycles. The zero-order valence-electron chi connectivity index (χ0n) is 16.6. The van der Waals surface area contributed by atoms with Crippen LogP contribution in [0.3, 0.4) is 0 Å². The van der Waals surface area contributed by atoms with Crippen LogP contribution in [0.1, 0.15) is 11.1 Å². The zero-order valence-corrected chi connectivity index (χ0v) is 16.6. The molecule has 0 bridgehead atoms. The number of imide groups is 1. The summed E-state index contributed by atoms with van der Waals surface area (Å²) in [5, 5.41) is 6.36. The zero-order chi connectivity index (χ0) is 20.9. The molecule has 2 aromatic rings. The monoisotopic (exact) mass is 405 g/mol. The lowest BCUT2D eigenvalue weighted by Gasteiger charge is -2.29. The van der Waals surface area contributed by atoms with Crippen LogP contribution in [-0.2, 0) is 31.1 Å². The Morgan fingerprint density at radius 2 is 1.73 bits per heavy atom. The van der Waals surface area contributed by atoms with Gasteiger partial charge in [-0.25, -0.2) is 0 Å². The van der Waals surface area contributed by atoms with E-state index in [1.54, 1.807) is 0 Å². The molecule has 2 saturated heterocycles. The van der Waals surface area contributed by atoms with Gasteiger partial charge in [-0.3, -0.25) is 24.6 Å². The predicted molar refractivity (Wildman–Crippen MR) is 109 cm³/mol. The number of amides is 3. The molecular weight excluding hydrogens is 382 g/mol. The molecule has 0 unspecified atom stereocenters. The average molecular weight is 405 g/mol. The topological polar surface area (TPSA) is 87.7 Å². The van der Waals surface area contributed by atoms with Gasteiger partial charge in [-0.05, 0) is 18.1 Å². The van der Waals surface area contributed by atoms with Gasteiger partial charge >= 0.3 is 0 Å². The molecule has 30 heavy (non-hydrogen) atoms. The van der Waals surface area contributed by atoms with E-state index in [4.69, 9.17) is 4.74 Å². The summed E-state index contributed by atoms with van der Waals surface area (Å²) in [5.74, 6) is -2.20. The summed E-state index contributed by atoms with van der Waals surface area (Å²) in [6.07, 6.45) is 0.552. The number of hydrogen-bond acceptors (Lipinski definition) is 5. The molecule has 3 aliphatic heterocycles. The normalized spacial score (nSPS) is 29.4. The number of hydrogen-bond donors (Lipinski definition) is 2. The number of carbonyl (C=O) groups excluding carboxylic acids is 3. The van der Waals surface area contributed by atoms with Crippen molar-refractivity contribution < 1.29 is 19.1 Å². The summed E-state index contributed by atoms with van der Waals surface area (Å²) in [6, 6.07) is 16.9. The Labute approximate surface area is 174 Å². The van der Waals surface area contributed by atoms with Crippen molar-refractivity contribution in [1.82, 2.24) is 10.2 Å². The van der Waals surface area contributed by atoms with Gasteiger partial charge in [0.2, 0.25) is 17.7 Å². The summed E-state index contributed by atoms with van der Waals surface area (Å²) < 4.78 is 5.10. The largest absolute Gasteiger partial charge is 0.383 e. The minimum atomic E-state index is -1.24. The molecule has 2 fully saturated rings. The molecule has 0 aliphatic carbocycles. The number of anilines is 1. The summed E-state index contributed by atoms with van der Waals surface area (Å²) in [4.78, 5) is 41.3. The second kappa shape index (κ2) is 7.04. The van der Waals surface area contributed by atoms with Crippen LogP contribution in [0, 0.1) is 11.8 Å². The maximum Gasteiger partial charge on any atom is 0.250 e. The molecule has 0 radical (unpaired) electrons. The quantitative estimate of drug-likeness (QED) is 0.732. The van der Waals surface area contributed by atoms with Crippen molar-refractivity contribution in [1.29, 1.82) is 0 Å². The highest BCUT2D eigenvalue weighted by Crippen LogP contribution is 2.53. The van der Waals surface area contributed by atoms with Crippen LogP contribution in [-0.4, -0.2) is 48.9 Å². The molecule has 154 valence electrons. The molecule has 2 N–H and O–H groups in total. The Morgan fingerprint density at radius 3 is 2.50 bits per heavy atom. The van der Waals surface area contributed by atoms with Crippen LogP contribution in [0.2, 0.25) is 0 Å². The minimum Gasteiger partial charge on any atom is -0.383 e. The minimum absolute atomic E-state index is 0.193. The summed E-state index contributed by atoms with van der Waals surface area (Å²) in [6.45, 7) is 0.460. The van der Waals surface area contributed by atoms with Crippen LogP contribution in [0.15, 0.2) is 54.6 Å². The van der Waals surface area contributed by atoms with Gasteiger partial charge in [-0.1, -0.05) is 48.5 Å². The highest BCUT2D eigenvalue weighted by molar-refractivity contribution is 6.15. The van der Waals surface area contributed by atoms with Gasteiger partial charge in [0.05, 0.1) is 25.0 Å². The van der Waals surface area contributed by atoms with Crippen LogP contribution in [0.25, 0.3) is 0 Å². The van der Waals surface area contributed by atoms with Gasteiger partial charge in [0, 0.05) is 24.4 Å². The standard InChI is InChI=1S/C23H23N3O4/c1-30-12-11-26-20(27)18-17(13-14-7-3-2-4-8-14)25-23(19(18)21(26)28)15-9-5-6-10-16(15)24-22(23)29/h2-10,17-19,25H,11-13H2,1H3,(H,24,29)/t17-,18+,19-,23+/m0/s1. The number of rotatable bonds is 5. The maximum atomic E-state index is 13.4. The molecule has 7 nitrogen and oxygen atoms in total. The molecule has 7 heteroatoms. The predicted octanol–water partition coefficient (Wildman–Crippen LogP) is 1.30. The number of methoxy groups -OCH3 is 1. The number of carbonyl (C=O) groups is 3. The Kier molecular flexibility index (Phi) is 4.45. The van der Waals surface area contributed by atoms with Crippen molar-refractivity contribution >= 4 is 23.4 Å². The van der Waals surface area contributed by atoms with Gasteiger partial charge in [0.15, 0.2) is 0 Å². The number of nitrogens with one attached hydrogen (secondary N) is 2. The lowest BCUT2D eigenvalue weighted by atomic mass is 9.76. The van der Waals surface area contributed by atoms with Gasteiger partial charge in [0.25, 0.3) is 0 Å². The molecule has 3 heterocycles. The Bertz CT molecular complexity index is 1020. The van der Waals surface area contributed by atoms with Crippen LogP contribution < -0.4 is 10.6 Å². The third-order valence-electron chi connectivity index (χ3n) is 6.53. The number of nitrogens with zero attached hydrogens (tertiary/aromatic N) is 1. The third-order valence-corrected chi connectivity index (χ3v) is 6.53. The van der Waals surface area contributed by atoms with Crippen LogP contribution in [0.4, 0.5) is 5.69 Å². The smallest absolute Gasteiger partial charge is 0.250 e. The molecule has 0 saturated carbocycles. The third kappa shape index (κ3) is 2.55. The van der Waals surface area contributed by atoms with Crippen LogP contribution in [0.5, 0.6) is 0 Å². The van der Waals surface area contributed by atoms with E-state index in [-0.39, 0.29) is 36.9 Å². The van der Waals surface area contributed by atoms with E-state index in [0.717, 1.165) is 11.1 Å². The molecule has 3 aliphatic rings. The van der Waals surface area contributed by atoms with Gasteiger partial charge in [-0.15, -0.1) is 0 Å². The maximum absolute atomic E-state index is 13.4. The van der Waals surface area contributed by atoms with Crippen molar-refractivity contribution in [2.24, 2.45) is 11.8 Å². The summed E-state index contributed by atoms with van der Waals surface area (Å²) >= 11 is 0. The van der Waals surface area contributed by atoms with Crippen molar-refractivity contribution in [2.45, 2.75) is 18.0 Å². The highest BCUT2D eigenvalue weighted by atomic mass is 16.5. The summed E-state index contributed by atoms with van der Waals surface area (Å²) in [7, 11) is 1.54. The second-order valence-corrected chi connectivity index (χ2v) is 8.07. The van der Waals surface area contributed by atoms with E-state index in [9.17, 15) is 14.4 Å². The molecule has 1 spiro atoms. The lowest BCUT2D eigenvalue weighted by molar-refractivity contribution is -0.143. The number of fused-ring (bicyclic) bond motifs is 4. The van der Waals surface area contributed by atoms with Crippen molar-refractivity contribution in [3.8, 4) is 0 Å². The number of para-hydroxylation sites is 1. The fourth-order valence-corrected chi connectivity index (χ4v) is 5.26. The van der Waals surface area contributed by atoms with Gasteiger partial charge < -0.3 is 10.1 Å². The van der Waals surface area contributed by atoms with Gasteiger partial charge in [0.1, 0.15) is 5.54 Å². The second-order valence-electron chi connectivity index (χ2n) is 8.07. The molecular formula is C23H23N3O4. The highest BCUT2D eigenvalue weighted by Gasteiger charge is 2.70. The van der Waals surface area contributed by atoms with Crippen molar-refractivity contribution in [3.05, 3.63) is 65.7 Å². The Morgan fingerprint density at radius 1 is 1.00 bits per heavy atom. The Hall–Kier alpha value is -3.03. The molecule has 0 aromatic heterocycles. The number of likely N-dealkylation sites (tertiary alicyclic amines) is 1. The SMILES string of the molecule is COCCN1C(=O)[C@@H]2[C@H](Cc3ccccc3)N[C@@]3(C(=O)Nc4ccccc43)[C@@H]2C1=O. The van der Waals surface area contributed by atoms with E-state index < -0.39 is 17.4 Å². The molecule has 5 rings (SSSR count). The van der Waals surface area contributed by atoms with E-state index >= 15 is 0 Å².